The van der Waals surface area contributed by atoms with Gasteiger partial charge in [0.2, 0.25) is 5.75 Å². The number of nitrogens with zero attached hydrogens (tertiary/aromatic N) is 3. The Balaban J connectivity index is 2.46. The average molecular weight is 337 g/mol. The summed E-state index contributed by atoms with van der Waals surface area (Å²) in [5.74, 6) is 0.0605. The van der Waals surface area contributed by atoms with E-state index in [1.54, 1.807) is 32.2 Å². The minimum atomic E-state index is -0.851. The molecule has 0 radical (unpaired) electrons. The van der Waals surface area contributed by atoms with Crippen LogP contribution in [0.1, 0.15) is 31.9 Å². The first kappa shape index (κ1) is 16.5. The first-order chi connectivity index (χ1) is 11.8. The number of ether oxygens (including phenoxy) is 1. The minimum Gasteiger partial charge on any atom is -0.476 e. The van der Waals surface area contributed by atoms with Gasteiger partial charge in [-0.25, -0.2) is 0 Å². The summed E-state index contributed by atoms with van der Waals surface area (Å²) in [4.78, 5) is 23.2. The molecule has 2 heterocycles. The molecule has 0 N–H and O–H groups in total. The van der Waals surface area contributed by atoms with Gasteiger partial charge in [0.15, 0.2) is 0 Å². The van der Waals surface area contributed by atoms with Crippen LogP contribution < -0.4 is 10.3 Å². The summed E-state index contributed by atoms with van der Waals surface area (Å²) >= 11 is 0. The van der Waals surface area contributed by atoms with Crippen molar-refractivity contribution < 1.29 is 9.66 Å². The van der Waals surface area contributed by atoms with Crippen molar-refractivity contribution in [1.82, 2.24) is 4.57 Å². The highest BCUT2D eigenvalue weighted by Crippen LogP contribution is 2.46. The molecule has 25 heavy (non-hydrogen) atoms. The van der Waals surface area contributed by atoms with E-state index in [0.29, 0.717) is 11.3 Å². The van der Waals surface area contributed by atoms with Crippen molar-refractivity contribution in [3.8, 4) is 11.8 Å². The molecule has 1 aromatic heterocycles. The zero-order chi connectivity index (χ0) is 18.4. The van der Waals surface area contributed by atoms with E-state index in [1.807, 2.05) is 13.0 Å². The third-order valence-electron chi connectivity index (χ3n) is 4.33. The van der Waals surface area contributed by atoms with Gasteiger partial charge in [-0.1, -0.05) is 6.07 Å². The summed E-state index contributed by atoms with van der Waals surface area (Å²) < 4.78 is 7.31. The van der Waals surface area contributed by atoms with Gasteiger partial charge in [-0.3, -0.25) is 19.5 Å². The zero-order valence-electron chi connectivity index (χ0n) is 13.9. The smallest absolute Gasteiger partial charge is 0.312 e. The van der Waals surface area contributed by atoms with Crippen molar-refractivity contribution in [3.05, 3.63) is 73.7 Å². The molecule has 126 valence electrons. The fraction of sp³-hybridized carbons (Fsp3) is 0.222. The Morgan fingerprint density at radius 3 is 2.64 bits per heavy atom. The van der Waals surface area contributed by atoms with E-state index < -0.39 is 10.5 Å². The molecule has 1 aromatic carbocycles. The Bertz CT molecular complexity index is 1030. The maximum absolute atomic E-state index is 12.3. The molecule has 0 atom stereocenters. The fourth-order valence-electron chi connectivity index (χ4n) is 2.84. The van der Waals surface area contributed by atoms with E-state index >= 15 is 0 Å². The maximum atomic E-state index is 12.3. The predicted octanol–water partition coefficient (Wildman–Crippen LogP) is 3.08. The third-order valence-corrected chi connectivity index (χ3v) is 4.33. The third kappa shape index (κ3) is 2.58. The van der Waals surface area contributed by atoms with Gasteiger partial charge in [0.1, 0.15) is 5.60 Å². The van der Waals surface area contributed by atoms with E-state index in [9.17, 15) is 20.2 Å². The van der Waals surface area contributed by atoms with Crippen LogP contribution in [-0.4, -0.2) is 15.1 Å². The van der Waals surface area contributed by atoms with Crippen LogP contribution in [0, 0.1) is 21.4 Å². The zero-order valence-corrected chi connectivity index (χ0v) is 13.9. The Kier molecular flexibility index (Phi) is 3.68. The molecule has 0 aliphatic carbocycles. The summed E-state index contributed by atoms with van der Waals surface area (Å²) in [7, 11) is 0. The van der Waals surface area contributed by atoms with Gasteiger partial charge in [-0.2, -0.15) is 5.26 Å². The van der Waals surface area contributed by atoms with Gasteiger partial charge < -0.3 is 4.74 Å². The molecule has 7 nitrogen and oxygen atoms in total. The van der Waals surface area contributed by atoms with Crippen LogP contribution in [0.2, 0.25) is 0 Å². The second-order valence-electron chi connectivity index (χ2n) is 6.24. The standard InChI is InChI=1S/C18H15N3O4/c1-11-16(20-7-5-4-6-15(20)22)13-8-12(10-19)9-14(21(23)24)17(13)25-18(11,2)3/h4-9H,1-3H3. The van der Waals surface area contributed by atoms with Crippen molar-refractivity contribution in [3.63, 3.8) is 0 Å². The van der Waals surface area contributed by atoms with Crippen LogP contribution in [0.4, 0.5) is 5.69 Å². The average Bonchev–Trinajstić information content (AvgIpc) is 2.56. The first-order valence-electron chi connectivity index (χ1n) is 7.57. The quantitative estimate of drug-likeness (QED) is 0.619. The molecule has 0 bridgehead atoms. The number of rotatable bonds is 2. The summed E-state index contributed by atoms with van der Waals surface area (Å²) in [6.45, 7) is 5.37. The van der Waals surface area contributed by atoms with Crippen LogP contribution in [-0.2, 0) is 0 Å². The molecule has 0 saturated carbocycles. The number of nitriles is 1. The molecule has 0 saturated heterocycles. The van der Waals surface area contributed by atoms with Crippen LogP contribution in [0.15, 0.2) is 46.9 Å². The highest BCUT2D eigenvalue weighted by Gasteiger charge is 2.38. The Labute approximate surface area is 143 Å². The highest BCUT2D eigenvalue weighted by molar-refractivity contribution is 5.80. The molecule has 0 fully saturated rings. The number of pyridine rings is 1. The summed E-state index contributed by atoms with van der Waals surface area (Å²) in [6.07, 6.45) is 1.59. The summed E-state index contributed by atoms with van der Waals surface area (Å²) in [5, 5.41) is 20.7. The van der Waals surface area contributed by atoms with Crippen molar-refractivity contribution >= 4 is 11.4 Å². The number of fused-ring (bicyclic) bond motifs is 1. The molecule has 1 aliphatic rings. The molecule has 0 unspecified atom stereocenters. The van der Waals surface area contributed by atoms with Crippen LogP contribution in [0.5, 0.6) is 5.75 Å². The van der Waals surface area contributed by atoms with Gasteiger partial charge in [-0.05, 0) is 38.5 Å². The number of aromatic nitrogens is 1. The van der Waals surface area contributed by atoms with E-state index in [4.69, 9.17) is 4.74 Å². The summed E-state index contributed by atoms with van der Waals surface area (Å²) in [5.41, 5.74) is 0.298. The maximum Gasteiger partial charge on any atom is 0.312 e. The highest BCUT2D eigenvalue weighted by atomic mass is 16.6. The molecule has 7 heteroatoms. The molecule has 1 aliphatic heterocycles. The number of benzene rings is 1. The van der Waals surface area contributed by atoms with Gasteiger partial charge in [0.05, 0.1) is 22.3 Å². The van der Waals surface area contributed by atoms with Crippen molar-refractivity contribution in [2.75, 3.05) is 0 Å². The molecular formula is C18H15N3O4. The van der Waals surface area contributed by atoms with Crippen molar-refractivity contribution in [1.29, 1.82) is 5.26 Å². The Hall–Kier alpha value is -3.40. The number of hydrogen-bond acceptors (Lipinski definition) is 5. The number of nitro benzene ring substituents is 1. The minimum absolute atomic E-state index is 0.0605. The summed E-state index contributed by atoms with van der Waals surface area (Å²) in [6, 6.07) is 9.34. The van der Waals surface area contributed by atoms with E-state index in [0.717, 1.165) is 5.57 Å². The van der Waals surface area contributed by atoms with Gasteiger partial charge in [0.25, 0.3) is 5.56 Å². The first-order valence-corrected chi connectivity index (χ1v) is 7.57. The van der Waals surface area contributed by atoms with Crippen molar-refractivity contribution in [2.45, 2.75) is 26.4 Å². The van der Waals surface area contributed by atoms with Crippen LogP contribution in [0.25, 0.3) is 5.70 Å². The predicted molar refractivity (Wildman–Crippen MR) is 91.2 cm³/mol. The molecule has 3 rings (SSSR count). The largest absolute Gasteiger partial charge is 0.476 e. The van der Waals surface area contributed by atoms with Gasteiger partial charge in [-0.15, -0.1) is 0 Å². The lowest BCUT2D eigenvalue weighted by Crippen LogP contribution is -2.36. The lowest BCUT2D eigenvalue weighted by Gasteiger charge is -2.35. The Morgan fingerprint density at radius 1 is 1.32 bits per heavy atom. The van der Waals surface area contributed by atoms with Crippen molar-refractivity contribution in [2.24, 2.45) is 0 Å². The fourth-order valence-corrected chi connectivity index (χ4v) is 2.84. The Morgan fingerprint density at radius 2 is 2.04 bits per heavy atom. The van der Waals surface area contributed by atoms with E-state index in [1.165, 1.54) is 22.8 Å². The van der Waals surface area contributed by atoms with Crippen LogP contribution >= 0.6 is 0 Å². The molecule has 0 spiro atoms. The monoisotopic (exact) mass is 337 g/mol. The molecule has 2 aromatic rings. The second kappa shape index (κ2) is 5.60. The normalized spacial score (nSPS) is 15.1. The topological polar surface area (TPSA) is 98.2 Å². The van der Waals surface area contributed by atoms with Gasteiger partial charge >= 0.3 is 5.69 Å². The van der Waals surface area contributed by atoms with E-state index in [2.05, 4.69) is 0 Å². The molecule has 0 amide bonds. The van der Waals surface area contributed by atoms with Crippen LogP contribution in [0.3, 0.4) is 0 Å². The van der Waals surface area contributed by atoms with E-state index in [-0.39, 0.29) is 22.6 Å². The lowest BCUT2D eigenvalue weighted by atomic mass is 9.89. The molecular weight excluding hydrogens is 322 g/mol. The second-order valence-corrected chi connectivity index (χ2v) is 6.24. The number of nitro groups is 1. The van der Waals surface area contributed by atoms with Gasteiger partial charge in [0, 0.05) is 23.9 Å². The SMILES string of the molecule is CC1=C(n2ccccc2=O)c2cc(C#N)cc([N+](=O)[O-])c2OC1(C)C. The number of hydrogen-bond donors (Lipinski definition) is 0. The lowest BCUT2D eigenvalue weighted by molar-refractivity contribution is -0.386.